The Morgan fingerprint density at radius 2 is 1.89 bits per heavy atom. The number of hydrogen-bond acceptors (Lipinski definition) is 3. The minimum atomic E-state index is -0.720. The Hall–Kier alpha value is -0.220. The van der Waals surface area contributed by atoms with Crippen LogP contribution in [0.2, 0.25) is 0 Å². The molecule has 2 atom stereocenters. The van der Waals surface area contributed by atoms with Crippen molar-refractivity contribution in [2.24, 2.45) is 11.8 Å². The maximum Gasteiger partial charge on any atom is 0.325 e. The second kappa shape index (κ2) is 6.29. The molecule has 1 aliphatic rings. The van der Waals surface area contributed by atoms with Gasteiger partial charge >= 0.3 is 5.97 Å². The number of thioether (sulfide) groups is 1. The van der Waals surface area contributed by atoms with Crippen LogP contribution in [0.5, 0.6) is 0 Å². The zero-order valence-corrected chi connectivity index (χ0v) is 13.0. The minimum Gasteiger partial charge on any atom is -0.480 e. The van der Waals surface area contributed by atoms with Crippen molar-refractivity contribution >= 4 is 17.7 Å². The van der Waals surface area contributed by atoms with Gasteiger partial charge in [-0.15, -0.1) is 0 Å². The third-order valence-electron chi connectivity index (χ3n) is 3.71. The molecule has 106 valence electrons. The van der Waals surface area contributed by atoms with Crippen molar-refractivity contribution in [3.8, 4) is 0 Å². The molecule has 1 fully saturated rings. The lowest BCUT2D eigenvalue weighted by Crippen LogP contribution is -2.58. The summed E-state index contributed by atoms with van der Waals surface area (Å²) in [5, 5.41) is 13.5. The molecule has 2 N–H and O–H groups in total. The van der Waals surface area contributed by atoms with E-state index in [9.17, 15) is 9.90 Å². The van der Waals surface area contributed by atoms with Gasteiger partial charge in [0.15, 0.2) is 0 Å². The van der Waals surface area contributed by atoms with Crippen molar-refractivity contribution in [2.75, 3.05) is 5.75 Å². The third kappa shape index (κ3) is 3.89. The van der Waals surface area contributed by atoms with Crippen LogP contribution in [0.4, 0.5) is 0 Å². The average molecular weight is 273 g/mol. The van der Waals surface area contributed by atoms with Crippen LogP contribution in [0.1, 0.15) is 47.5 Å². The molecule has 0 aromatic carbocycles. The van der Waals surface area contributed by atoms with E-state index in [1.165, 1.54) is 0 Å². The Bertz CT molecular complexity index is 290. The number of nitrogens with one attached hydrogen (secondary N) is 1. The van der Waals surface area contributed by atoms with E-state index < -0.39 is 11.5 Å². The van der Waals surface area contributed by atoms with Crippen LogP contribution >= 0.6 is 11.8 Å². The van der Waals surface area contributed by atoms with Gasteiger partial charge in [-0.3, -0.25) is 10.1 Å². The van der Waals surface area contributed by atoms with Gasteiger partial charge in [0.25, 0.3) is 0 Å². The van der Waals surface area contributed by atoms with Crippen LogP contribution in [0.3, 0.4) is 0 Å². The van der Waals surface area contributed by atoms with Crippen molar-refractivity contribution < 1.29 is 9.90 Å². The molecule has 3 nitrogen and oxygen atoms in total. The fraction of sp³-hybridized carbons (Fsp3) is 0.929. The van der Waals surface area contributed by atoms with Crippen molar-refractivity contribution in [1.82, 2.24) is 5.32 Å². The molecule has 0 radical (unpaired) electrons. The second-order valence-electron chi connectivity index (χ2n) is 6.11. The standard InChI is InChI=1S/C14H27NO2S/c1-9(2)11(5)18-8-14(13(16)17,12-6-7-12)15-10(3)4/h9-12,15H,6-8H2,1-5H3,(H,16,17). The van der Waals surface area contributed by atoms with E-state index in [4.69, 9.17) is 0 Å². The van der Waals surface area contributed by atoms with Crippen molar-refractivity contribution in [3.05, 3.63) is 0 Å². The summed E-state index contributed by atoms with van der Waals surface area (Å²) in [7, 11) is 0. The maximum atomic E-state index is 11.7. The van der Waals surface area contributed by atoms with Gasteiger partial charge in [-0.05, 0) is 38.5 Å². The molecular weight excluding hydrogens is 246 g/mol. The lowest BCUT2D eigenvalue weighted by atomic mass is 9.94. The average Bonchev–Trinajstić information content (AvgIpc) is 3.06. The van der Waals surface area contributed by atoms with Gasteiger partial charge in [-0.25, -0.2) is 0 Å². The van der Waals surface area contributed by atoms with Crippen molar-refractivity contribution in [2.45, 2.75) is 64.3 Å². The molecule has 0 aromatic rings. The molecule has 2 unspecified atom stereocenters. The van der Waals surface area contributed by atoms with E-state index in [1.807, 2.05) is 13.8 Å². The van der Waals surface area contributed by atoms with Gasteiger partial charge in [0.05, 0.1) is 0 Å². The van der Waals surface area contributed by atoms with Crippen molar-refractivity contribution in [3.63, 3.8) is 0 Å². The van der Waals surface area contributed by atoms with Gasteiger partial charge in [0.1, 0.15) is 5.54 Å². The highest BCUT2D eigenvalue weighted by Gasteiger charge is 2.51. The molecule has 0 amide bonds. The number of rotatable bonds is 8. The Morgan fingerprint density at radius 3 is 2.22 bits per heavy atom. The Kier molecular flexibility index (Phi) is 5.53. The topological polar surface area (TPSA) is 49.3 Å². The predicted octanol–water partition coefficient (Wildman–Crippen LogP) is 3.00. The lowest BCUT2D eigenvalue weighted by Gasteiger charge is -2.34. The van der Waals surface area contributed by atoms with E-state index in [0.29, 0.717) is 22.8 Å². The van der Waals surface area contributed by atoms with E-state index in [1.54, 1.807) is 11.8 Å². The van der Waals surface area contributed by atoms with Crippen LogP contribution < -0.4 is 5.32 Å². The molecule has 1 saturated carbocycles. The number of carboxylic acid groups (broad SMARTS) is 1. The third-order valence-corrected chi connectivity index (χ3v) is 5.41. The summed E-state index contributed by atoms with van der Waals surface area (Å²) in [5.41, 5.74) is -0.720. The number of aliphatic carboxylic acids is 1. The number of hydrogen-bond donors (Lipinski definition) is 2. The van der Waals surface area contributed by atoms with Gasteiger partial charge in [-0.2, -0.15) is 11.8 Å². The predicted molar refractivity (Wildman–Crippen MR) is 78.1 cm³/mol. The largest absolute Gasteiger partial charge is 0.480 e. The summed E-state index contributed by atoms with van der Waals surface area (Å²) in [6, 6.07) is 0.205. The maximum absolute atomic E-state index is 11.7. The minimum absolute atomic E-state index is 0.205. The quantitative estimate of drug-likeness (QED) is 0.714. The summed E-state index contributed by atoms with van der Waals surface area (Å²) in [6.07, 6.45) is 2.09. The van der Waals surface area contributed by atoms with Gasteiger partial charge in [0, 0.05) is 17.0 Å². The molecule has 0 heterocycles. The zero-order chi connectivity index (χ0) is 13.9. The highest BCUT2D eigenvalue weighted by molar-refractivity contribution is 8.00. The van der Waals surface area contributed by atoms with Gasteiger partial charge in [-0.1, -0.05) is 20.8 Å². The second-order valence-corrected chi connectivity index (χ2v) is 7.48. The Morgan fingerprint density at radius 1 is 1.33 bits per heavy atom. The molecule has 1 aliphatic carbocycles. The van der Waals surface area contributed by atoms with Gasteiger partial charge < -0.3 is 5.11 Å². The number of carbonyl (C=O) groups is 1. The molecule has 1 rings (SSSR count). The molecule has 0 aromatic heterocycles. The Balaban J connectivity index is 2.73. The van der Waals surface area contributed by atoms with Crippen LogP contribution in [0, 0.1) is 11.8 Å². The Labute approximate surface area is 115 Å². The molecule has 0 saturated heterocycles. The first-order valence-corrected chi connectivity index (χ1v) is 7.97. The van der Waals surface area contributed by atoms with Crippen LogP contribution in [0.15, 0.2) is 0 Å². The van der Waals surface area contributed by atoms with Crippen LogP contribution in [-0.2, 0) is 4.79 Å². The lowest BCUT2D eigenvalue weighted by molar-refractivity contribution is -0.145. The summed E-state index contributed by atoms with van der Waals surface area (Å²) < 4.78 is 0. The monoisotopic (exact) mass is 273 g/mol. The SMILES string of the molecule is CC(C)NC(CSC(C)C(C)C)(C(=O)O)C1CC1. The summed E-state index contributed by atoms with van der Waals surface area (Å²) in [4.78, 5) is 11.7. The van der Waals surface area contributed by atoms with E-state index >= 15 is 0 Å². The fourth-order valence-corrected chi connectivity index (χ4v) is 3.48. The highest BCUT2D eigenvalue weighted by atomic mass is 32.2. The van der Waals surface area contributed by atoms with E-state index in [-0.39, 0.29) is 6.04 Å². The van der Waals surface area contributed by atoms with Crippen molar-refractivity contribution in [1.29, 1.82) is 0 Å². The summed E-state index contributed by atoms with van der Waals surface area (Å²) >= 11 is 1.79. The summed E-state index contributed by atoms with van der Waals surface area (Å²) in [6.45, 7) is 10.6. The smallest absolute Gasteiger partial charge is 0.325 e. The first-order valence-electron chi connectivity index (χ1n) is 6.92. The van der Waals surface area contributed by atoms with E-state index in [0.717, 1.165) is 12.8 Å². The highest BCUT2D eigenvalue weighted by Crippen LogP contribution is 2.42. The number of carboxylic acids is 1. The molecule has 18 heavy (non-hydrogen) atoms. The van der Waals surface area contributed by atoms with E-state index in [2.05, 4.69) is 26.1 Å². The van der Waals surface area contributed by atoms with Gasteiger partial charge in [0.2, 0.25) is 0 Å². The molecule has 0 spiro atoms. The molecular formula is C14H27NO2S. The first-order chi connectivity index (χ1) is 8.29. The summed E-state index contributed by atoms with van der Waals surface area (Å²) in [5.74, 6) is 0.885. The fourth-order valence-electron chi connectivity index (χ4n) is 2.12. The first kappa shape index (κ1) is 15.8. The normalized spacial score (nSPS) is 21.1. The van der Waals surface area contributed by atoms with Crippen LogP contribution in [-0.4, -0.2) is 33.7 Å². The zero-order valence-electron chi connectivity index (χ0n) is 12.2. The molecule has 4 heteroatoms. The molecule has 0 aliphatic heterocycles. The van der Waals surface area contributed by atoms with Crippen LogP contribution in [0.25, 0.3) is 0 Å². The molecule has 0 bridgehead atoms.